The van der Waals surface area contributed by atoms with Crippen LogP contribution in [-0.2, 0) is 14.0 Å². The zero-order valence-electron chi connectivity index (χ0n) is 15.0. The van der Waals surface area contributed by atoms with Gasteiger partial charge in [0, 0.05) is 12.2 Å². The molecule has 0 radical (unpaired) electrons. The molecule has 142 valence electrons. The van der Waals surface area contributed by atoms with E-state index in [-0.39, 0.29) is 12.2 Å². The van der Waals surface area contributed by atoms with Crippen molar-refractivity contribution in [3.8, 4) is 0 Å². The second-order valence-corrected chi connectivity index (χ2v) is 10.00. The third-order valence-corrected chi connectivity index (χ3v) is 6.43. The zero-order valence-corrected chi connectivity index (χ0v) is 15.9. The van der Waals surface area contributed by atoms with Gasteiger partial charge in [-0.05, 0) is 12.6 Å². The lowest BCUT2D eigenvalue weighted by atomic mass is 10.2. The molecule has 2 N–H and O–H groups in total. The second-order valence-electron chi connectivity index (χ2n) is 6.78. The van der Waals surface area contributed by atoms with E-state index in [1.165, 1.54) is 23.3 Å². The summed E-state index contributed by atoms with van der Waals surface area (Å²) in [6.07, 6.45) is 3.52. The van der Waals surface area contributed by atoms with Gasteiger partial charge in [-0.15, -0.1) is 0 Å². The summed E-state index contributed by atoms with van der Waals surface area (Å²) in [5, 5.41) is 0. The Kier molecular flexibility index (Phi) is 5.41. The highest BCUT2D eigenvalue weighted by Gasteiger charge is 2.32. The molecule has 8 nitrogen and oxygen atoms in total. The summed E-state index contributed by atoms with van der Waals surface area (Å²) < 4.78 is 39.6. The van der Waals surface area contributed by atoms with Crippen LogP contribution in [0.5, 0.6) is 0 Å². The fourth-order valence-electron chi connectivity index (χ4n) is 2.84. The first-order chi connectivity index (χ1) is 12.3. The summed E-state index contributed by atoms with van der Waals surface area (Å²) in [5.74, 6) is 0.0293. The Bertz CT molecular complexity index is 871. The second kappa shape index (κ2) is 7.42. The highest BCUT2D eigenvalue weighted by Crippen LogP contribution is 2.44. The molecule has 0 fully saturated rings. The molecular weight excluding hydrogens is 360 g/mol. The van der Waals surface area contributed by atoms with Gasteiger partial charge in [-0.1, -0.05) is 20.3 Å². The standard InChI is InChI=1S/C16H23FN5O3P/c1-4-10(2)6-26(3,23)9-24-12-5-11(17)16(25-12)22-8-21-13-14(18)19-7-20-15(13)22/h5,7-8,10,12,16H,4,6,9H2,1-3H3,(H2,18,19,20)/t10?,12-,16?,26?/m0/s1. The smallest absolute Gasteiger partial charge is 0.192 e. The average molecular weight is 383 g/mol. The summed E-state index contributed by atoms with van der Waals surface area (Å²) in [6.45, 7) is 5.81. The van der Waals surface area contributed by atoms with E-state index in [1.54, 1.807) is 6.66 Å². The Morgan fingerprint density at radius 2 is 2.23 bits per heavy atom. The average Bonchev–Trinajstić information content (AvgIpc) is 3.16. The molecule has 3 unspecified atom stereocenters. The molecule has 2 aromatic heterocycles. The molecule has 0 amide bonds. The third kappa shape index (κ3) is 3.95. The number of nitrogens with zero attached hydrogens (tertiary/aromatic N) is 4. The number of rotatable bonds is 7. The highest BCUT2D eigenvalue weighted by molar-refractivity contribution is 7.62. The Labute approximate surface area is 151 Å². The van der Waals surface area contributed by atoms with E-state index in [9.17, 15) is 8.96 Å². The largest absolute Gasteiger partial charge is 0.382 e. The van der Waals surface area contributed by atoms with Crippen LogP contribution in [0.3, 0.4) is 0 Å². The van der Waals surface area contributed by atoms with Crippen LogP contribution in [0.4, 0.5) is 10.2 Å². The number of hydrogen-bond donors (Lipinski definition) is 1. The van der Waals surface area contributed by atoms with E-state index in [0.717, 1.165) is 6.42 Å². The van der Waals surface area contributed by atoms with Crippen LogP contribution in [-0.4, -0.2) is 45.0 Å². The van der Waals surface area contributed by atoms with Crippen molar-refractivity contribution in [1.82, 2.24) is 19.5 Å². The molecule has 0 spiro atoms. The summed E-state index contributed by atoms with van der Waals surface area (Å²) >= 11 is 0. The number of aromatic nitrogens is 4. The molecular formula is C16H23FN5O3P. The lowest BCUT2D eigenvalue weighted by Crippen LogP contribution is -2.17. The van der Waals surface area contributed by atoms with Gasteiger partial charge in [-0.3, -0.25) is 4.57 Å². The molecule has 0 saturated heterocycles. The van der Waals surface area contributed by atoms with Crippen LogP contribution in [0.2, 0.25) is 0 Å². The molecule has 1 aliphatic heterocycles. The maximum absolute atomic E-state index is 14.4. The first-order valence-electron chi connectivity index (χ1n) is 8.43. The summed E-state index contributed by atoms with van der Waals surface area (Å²) in [5.41, 5.74) is 6.49. The maximum Gasteiger partial charge on any atom is 0.192 e. The number of nitrogens with two attached hydrogens (primary N) is 1. The van der Waals surface area contributed by atoms with Crippen molar-refractivity contribution < 1.29 is 18.4 Å². The van der Waals surface area contributed by atoms with Crippen LogP contribution in [0.15, 0.2) is 24.6 Å². The minimum absolute atomic E-state index is 0.0400. The van der Waals surface area contributed by atoms with Gasteiger partial charge >= 0.3 is 0 Å². The fourth-order valence-corrected chi connectivity index (χ4v) is 4.99. The van der Waals surface area contributed by atoms with Crippen molar-refractivity contribution in [2.75, 3.05) is 24.9 Å². The van der Waals surface area contributed by atoms with Crippen LogP contribution >= 0.6 is 7.14 Å². The molecule has 26 heavy (non-hydrogen) atoms. The number of anilines is 1. The number of imidazole rings is 1. The Morgan fingerprint density at radius 3 is 2.96 bits per heavy atom. The Morgan fingerprint density at radius 1 is 1.46 bits per heavy atom. The van der Waals surface area contributed by atoms with Crippen molar-refractivity contribution in [2.24, 2.45) is 5.92 Å². The fraction of sp³-hybridized carbons (Fsp3) is 0.562. The van der Waals surface area contributed by atoms with Gasteiger partial charge in [0.25, 0.3) is 0 Å². The van der Waals surface area contributed by atoms with E-state index in [2.05, 4.69) is 28.8 Å². The monoisotopic (exact) mass is 383 g/mol. The predicted molar refractivity (Wildman–Crippen MR) is 96.6 cm³/mol. The lowest BCUT2D eigenvalue weighted by Gasteiger charge is -2.20. The van der Waals surface area contributed by atoms with Gasteiger partial charge in [-0.25, -0.2) is 19.3 Å². The predicted octanol–water partition coefficient (Wildman–Crippen LogP) is 3.13. The van der Waals surface area contributed by atoms with E-state index >= 15 is 0 Å². The molecule has 0 bridgehead atoms. The SMILES string of the molecule is CCC(C)CP(C)(=O)CO[C@@H]1C=C(F)C(n2cnc3c(N)ncnc32)O1. The molecule has 1 aliphatic rings. The van der Waals surface area contributed by atoms with E-state index in [1.807, 2.05) is 0 Å². The van der Waals surface area contributed by atoms with Gasteiger partial charge in [0.15, 0.2) is 29.8 Å². The maximum atomic E-state index is 14.4. The van der Waals surface area contributed by atoms with E-state index < -0.39 is 25.5 Å². The van der Waals surface area contributed by atoms with Crippen molar-refractivity contribution in [1.29, 1.82) is 0 Å². The quantitative estimate of drug-likeness (QED) is 0.732. The Hall–Kier alpha value is -1.83. The van der Waals surface area contributed by atoms with Gasteiger partial charge in [0.05, 0.1) is 6.33 Å². The third-order valence-electron chi connectivity index (χ3n) is 4.34. The van der Waals surface area contributed by atoms with Crippen LogP contribution < -0.4 is 5.73 Å². The lowest BCUT2D eigenvalue weighted by molar-refractivity contribution is -0.128. The number of halogens is 1. The summed E-state index contributed by atoms with van der Waals surface area (Å²) in [7, 11) is -2.47. The Balaban J connectivity index is 1.68. The highest BCUT2D eigenvalue weighted by atomic mass is 31.2. The molecule has 0 aromatic carbocycles. The van der Waals surface area contributed by atoms with E-state index in [0.29, 0.717) is 23.2 Å². The van der Waals surface area contributed by atoms with Crippen molar-refractivity contribution in [3.63, 3.8) is 0 Å². The van der Waals surface area contributed by atoms with Crippen LogP contribution in [0, 0.1) is 5.92 Å². The molecule has 3 rings (SSSR count). The van der Waals surface area contributed by atoms with Gasteiger partial charge < -0.3 is 19.8 Å². The van der Waals surface area contributed by atoms with Gasteiger partial charge in [0.2, 0.25) is 0 Å². The molecule has 4 atom stereocenters. The van der Waals surface area contributed by atoms with Crippen LogP contribution in [0.1, 0.15) is 26.5 Å². The van der Waals surface area contributed by atoms with Crippen LogP contribution in [0.25, 0.3) is 11.2 Å². The number of hydrogen-bond acceptors (Lipinski definition) is 7. The first kappa shape index (κ1) is 18.9. The molecule has 0 aliphatic carbocycles. The summed E-state index contributed by atoms with van der Waals surface area (Å²) in [4.78, 5) is 12.0. The minimum Gasteiger partial charge on any atom is -0.382 e. The van der Waals surface area contributed by atoms with Crippen molar-refractivity contribution in [3.05, 3.63) is 24.6 Å². The number of nitrogen functional groups attached to an aromatic ring is 1. The van der Waals surface area contributed by atoms with E-state index in [4.69, 9.17) is 15.2 Å². The number of fused-ring (bicyclic) bond motifs is 1. The van der Waals surface area contributed by atoms with Crippen molar-refractivity contribution in [2.45, 2.75) is 32.8 Å². The molecule has 2 aromatic rings. The van der Waals surface area contributed by atoms with Gasteiger partial charge in [0.1, 0.15) is 25.3 Å². The molecule has 3 heterocycles. The number of ether oxygens (including phenoxy) is 2. The van der Waals surface area contributed by atoms with Crippen molar-refractivity contribution >= 4 is 24.1 Å². The molecule has 10 heteroatoms. The molecule has 0 saturated carbocycles. The topological polar surface area (TPSA) is 105 Å². The zero-order chi connectivity index (χ0) is 18.9. The van der Waals surface area contributed by atoms with Gasteiger partial charge in [-0.2, -0.15) is 0 Å². The normalized spacial score (nSPS) is 23.8. The minimum atomic E-state index is -2.47. The first-order valence-corrected chi connectivity index (χ1v) is 11.0. The summed E-state index contributed by atoms with van der Waals surface area (Å²) in [6, 6.07) is 0.